The number of carbonyl (C=O) groups is 1. The lowest BCUT2D eigenvalue weighted by Crippen LogP contribution is -2.49. The monoisotopic (exact) mass is 428 g/mol. The second-order valence-corrected chi connectivity index (χ2v) is 7.71. The second kappa shape index (κ2) is 8.93. The van der Waals surface area contributed by atoms with Gasteiger partial charge in [-0.2, -0.15) is 4.98 Å². The Labute approximate surface area is 179 Å². The van der Waals surface area contributed by atoms with Gasteiger partial charge in [0.15, 0.2) is 0 Å². The van der Waals surface area contributed by atoms with E-state index in [2.05, 4.69) is 22.0 Å². The van der Waals surface area contributed by atoms with Gasteiger partial charge in [-0.3, -0.25) is 9.69 Å². The minimum atomic E-state index is -0.340. The van der Waals surface area contributed by atoms with Gasteiger partial charge >= 0.3 is 0 Å². The average Bonchev–Trinajstić information content (AvgIpc) is 3.23. The van der Waals surface area contributed by atoms with Gasteiger partial charge in [0.25, 0.3) is 11.7 Å². The third kappa shape index (κ3) is 4.37. The Balaban J connectivity index is 1.36. The maximum Gasteiger partial charge on any atom is 0.295 e. The summed E-state index contributed by atoms with van der Waals surface area (Å²) < 4.78 is 19.0. The molecule has 156 valence electrons. The van der Waals surface area contributed by atoms with E-state index in [9.17, 15) is 9.18 Å². The van der Waals surface area contributed by atoms with Crippen LogP contribution in [0.15, 0.2) is 53.1 Å². The van der Waals surface area contributed by atoms with Gasteiger partial charge in [0.1, 0.15) is 5.82 Å². The van der Waals surface area contributed by atoms with Gasteiger partial charge in [-0.15, -0.1) is 0 Å². The van der Waals surface area contributed by atoms with Crippen molar-refractivity contribution in [2.24, 2.45) is 0 Å². The average molecular weight is 429 g/mol. The fraction of sp³-hybridized carbons (Fsp3) is 0.318. The zero-order chi connectivity index (χ0) is 21.1. The first-order valence-corrected chi connectivity index (χ1v) is 10.2. The summed E-state index contributed by atoms with van der Waals surface area (Å²) in [5, 5.41) is 4.55. The fourth-order valence-corrected chi connectivity index (χ4v) is 3.98. The molecule has 8 heteroatoms. The zero-order valence-electron chi connectivity index (χ0n) is 16.6. The van der Waals surface area contributed by atoms with E-state index in [1.807, 2.05) is 24.3 Å². The van der Waals surface area contributed by atoms with E-state index in [0.29, 0.717) is 18.7 Å². The molecular weight excluding hydrogens is 407 g/mol. The van der Waals surface area contributed by atoms with Crippen LogP contribution >= 0.6 is 11.6 Å². The van der Waals surface area contributed by atoms with Crippen molar-refractivity contribution in [3.05, 3.63) is 82.2 Å². The van der Waals surface area contributed by atoms with Crippen molar-refractivity contribution >= 4 is 17.5 Å². The highest BCUT2D eigenvalue weighted by molar-refractivity contribution is 6.31. The topological polar surface area (TPSA) is 62.5 Å². The van der Waals surface area contributed by atoms with Gasteiger partial charge in [0.2, 0.25) is 5.89 Å². The van der Waals surface area contributed by atoms with Gasteiger partial charge in [0.05, 0.1) is 6.42 Å². The number of halogens is 2. The molecule has 2 aromatic carbocycles. The van der Waals surface area contributed by atoms with Gasteiger partial charge in [0, 0.05) is 37.2 Å². The van der Waals surface area contributed by atoms with Gasteiger partial charge in [-0.05, 0) is 30.2 Å². The maximum absolute atomic E-state index is 13.8. The highest BCUT2D eigenvalue weighted by Crippen LogP contribution is 2.28. The summed E-state index contributed by atoms with van der Waals surface area (Å²) in [7, 11) is 0. The summed E-state index contributed by atoms with van der Waals surface area (Å²) in [4.78, 5) is 20.9. The van der Waals surface area contributed by atoms with Gasteiger partial charge in [-0.1, -0.05) is 53.2 Å². The highest BCUT2D eigenvalue weighted by Gasteiger charge is 2.28. The molecule has 1 saturated heterocycles. The Morgan fingerprint density at radius 2 is 1.83 bits per heavy atom. The van der Waals surface area contributed by atoms with Crippen molar-refractivity contribution in [1.82, 2.24) is 19.9 Å². The number of piperazine rings is 1. The molecule has 0 aliphatic carbocycles. The predicted octanol–water partition coefficient (Wildman–Crippen LogP) is 3.97. The van der Waals surface area contributed by atoms with Crippen LogP contribution in [0, 0.1) is 5.82 Å². The number of benzene rings is 2. The Hall–Kier alpha value is -2.77. The van der Waals surface area contributed by atoms with Crippen LogP contribution in [0.3, 0.4) is 0 Å². The molecule has 6 nitrogen and oxygen atoms in total. The van der Waals surface area contributed by atoms with E-state index < -0.39 is 0 Å². The van der Waals surface area contributed by atoms with Crippen LogP contribution in [0.4, 0.5) is 4.39 Å². The second-order valence-electron chi connectivity index (χ2n) is 7.31. The zero-order valence-corrected chi connectivity index (χ0v) is 17.3. The summed E-state index contributed by atoms with van der Waals surface area (Å²) >= 11 is 6.33. The molecule has 3 aromatic rings. The van der Waals surface area contributed by atoms with Crippen LogP contribution in [0.2, 0.25) is 5.02 Å². The molecule has 0 spiro atoms. The summed E-state index contributed by atoms with van der Waals surface area (Å²) in [6, 6.07) is 14.4. The number of aromatic nitrogens is 2. The summed E-state index contributed by atoms with van der Waals surface area (Å²) in [6.45, 7) is 4.68. The van der Waals surface area contributed by atoms with E-state index in [1.54, 1.807) is 23.1 Å². The number of hydrogen-bond donors (Lipinski definition) is 0. The minimum Gasteiger partial charge on any atom is -0.338 e. The molecule has 4 rings (SSSR count). The molecule has 1 aliphatic heterocycles. The molecule has 1 amide bonds. The van der Waals surface area contributed by atoms with Crippen LogP contribution in [0.1, 0.15) is 40.6 Å². The SMILES string of the molecule is C[C@@H](c1ccccc1Cl)N1CCN(C(=O)c2noc(Cc3ccccc3F)n2)CC1. The first kappa shape index (κ1) is 20.5. The summed E-state index contributed by atoms with van der Waals surface area (Å²) in [5.41, 5.74) is 1.53. The Morgan fingerprint density at radius 1 is 1.13 bits per heavy atom. The van der Waals surface area contributed by atoms with Crippen LogP contribution in [0.25, 0.3) is 0 Å². The van der Waals surface area contributed by atoms with Crippen molar-refractivity contribution < 1.29 is 13.7 Å². The first-order chi connectivity index (χ1) is 14.5. The molecule has 0 radical (unpaired) electrons. The van der Waals surface area contributed by atoms with Crippen LogP contribution in [-0.4, -0.2) is 52.0 Å². The van der Waals surface area contributed by atoms with Crippen molar-refractivity contribution in [3.8, 4) is 0 Å². The van der Waals surface area contributed by atoms with Gasteiger partial charge < -0.3 is 9.42 Å². The molecule has 1 aromatic heterocycles. The maximum atomic E-state index is 13.8. The largest absolute Gasteiger partial charge is 0.338 e. The summed E-state index contributed by atoms with van der Waals surface area (Å²) in [6.07, 6.45) is 0.149. The lowest BCUT2D eigenvalue weighted by molar-refractivity contribution is 0.0568. The fourth-order valence-electron chi connectivity index (χ4n) is 3.68. The lowest BCUT2D eigenvalue weighted by atomic mass is 10.1. The first-order valence-electron chi connectivity index (χ1n) is 9.86. The Kier molecular flexibility index (Phi) is 6.11. The van der Waals surface area contributed by atoms with Crippen molar-refractivity contribution in [2.45, 2.75) is 19.4 Å². The van der Waals surface area contributed by atoms with Crippen molar-refractivity contribution in [3.63, 3.8) is 0 Å². The van der Waals surface area contributed by atoms with Crippen molar-refractivity contribution in [2.75, 3.05) is 26.2 Å². The number of nitrogens with zero attached hydrogens (tertiary/aromatic N) is 4. The van der Waals surface area contributed by atoms with E-state index in [-0.39, 0.29) is 35.9 Å². The number of amides is 1. The molecule has 2 heterocycles. The molecule has 0 unspecified atom stereocenters. The normalized spacial score (nSPS) is 15.9. The van der Waals surface area contributed by atoms with Crippen LogP contribution in [0.5, 0.6) is 0 Å². The van der Waals surface area contributed by atoms with Crippen LogP contribution in [-0.2, 0) is 6.42 Å². The third-order valence-corrected chi connectivity index (χ3v) is 5.81. The molecular formula is C22H22ClFN4O2. The third-order valence-electron chi connectivity index (χ3n) is 5.46. The van der Waals surface area contributed by atoms with E-state index in [1.165, 1.54) is 6.07 Å². The van der Waals surface area contributed by atoms with Gasteiger partial charge in [-0.25, -0.2) is 4.39 Å². The number of hydrogen-bond acceptors (Lipinski definition) is 5. The standard InChI is InChI=1S/C22H22ClFN4O2/c1-15(17-7-3-4-8-18(17)23)27-10-12-28(13-11-27)22(29)21-25-20(30-26-21)14-16-6-2-5-9-19(16)24/h2-9,15H,10-14H2,1H3/t15-/m0/s1. The highest BCUT2D eigenvalue weighted by atomic mass is 35.5. The van der Waals surface area contributed by atoms with Crippen molar-refractivity contribution in [1.29, 1.82) is 0 Å². The van der Waals surface area contributed by atoms with Crippen LogP contribution < -0.4 is 0 Å². The lowest BCUT2D eigenvalue weighted by Gasteiger charge is -2.38. The molecule has 1 atom stereocenters. The minimum absolute atomic E-state index is 0.00828. The smallest absolute Gasteiger partial charge is 0.295 e. The van der Waals surface area contributed by atoms with E-state index >= 15 is 0 Å². The summed E-state index contributed by atoms with van der Waals surface area (Å²) in [5.74, 6) is -0.390. The molecule has 1 aliphatic rings. The molecule has 0 N–H and O–H groups in total. The number of rotatable bonds is 5. The predicted molar refractivity (Wildman–Crippen MR) is 111 cm³/mol. The molecule has 1 fully saturated rings. The Bertz CT molecular complexity index is 1030. The molecule has 30 heavy (non-hydrogen) atoms. The van der Waals surface area contributed by atoms with E-state index in [0.717, 1.165) is 23.7 Å². The number of carbonyl (C=O) groups excluding carboxylic acids is 1. The quantitative estimate of drug-likeness (QED) is 0.615. The molecule has 0 bridgehead atoms. The molecule has 0 saturated carbocycles. The Morgan fingerprint density at radius 3 is 2.57 bits per heavy atom. The van der Waals surface area contributed by atoms with E-state index in [4.69, 9.17) is 16.1 Å².